The number of aryl methyl sites for hydroxylation is 1. The topological polar surface area (TPSA) is 108 Å². The summed E-state index contributed by atoms with van der Waals surface area (Å²) in [5.41, 5.74) is -1.29. The van der Waals surface area contributed by atoms with Gasteiger partial charge in [0.15, 0.2) is 0 Å². The van der Waals surface area contributed by atoms with E-state index in [-0.39, 0.29) is 38.2 Å². The average Bonchev–Trinajstić information content (AvgIpc) is 3.19. The van der Waals surface area contributed by atoms with Crippen LogP contribution in [0.4, 0.5) is 13.6 Å². The molecule has 12 heteroatoms. The minimum absolute atomic E-state index is 0.0338. The third-order valence-electron chi connectivity index (χ3n) is 5.99. The third kappa shape index (κ3) is 4.33. The molecule has 1 aromatic heterocycles. The second-order valence-corrected chi connectivity index (χ2v) is 9.54. The van der Waals surface area contributed by atoms with E-state index in [1.807, 2.05) is 0 Å². The molecular weight excluding hydrogens is 446 g/mol. The number of nitrogens with zero attached hydrogens (tertiary/aromatic N) is 2. The zero-order valence-corrected chi connectivity index (χ0v) is 18.3. The number of carbonyl (C=O) groups excluding carboxylic acids is 4. The molecule has 32 heavy (non-hydrogen) atoms. The zero-order chi connectivity index (χ0) is 23.1. The van der Waals surface area contributed by atoms with Gasteiger partial charge in [-0.25, -0.2) is 4.79 Å². The summed E-state index contributed by atoms with van der Waals surface area (Å²) in [6, 6.07) is -0.407. The van der Waals surface area contributed by atoms with Crippen molar-refractivity contribution in [1.82, 2.24) is 20.4 Å². The zero-order valence-electron chi connectivity index (χ0n) is 17.5. The van der Waals surface area contributed by atoms with Crippen molar-refractivity contribution in [3.8, 4) is 0 Å². The van der Waals surface area contributed by atoms with Crippen LogP contribution in [0, 0.1) is 6.92 Å². The van der Waals surface area contributed by atoms with Gasteiger partial charge in [-0.1, -0.05) is 0 Å². The van der Waals surface area contributed by atoms with Crippen LogP contribution in [0.15, 0.2) is 11.4 Å². The second kappa shape index (κ2) is 8.39. The molecule has 9 nitrogen and oxygen atoms in total. The van der Waals surface area contributed by atoms with Crippen molar-refractivity contribution >= 4 is 35.1 Å². The number of nitrogens with one attached hydrogen (secondary N) is 2. The quantitative estimate of drug-likeness (QED) is 0.685. The van der Waals surface area contributed by atoms with E-state index < -0.39 is 41.3 Å². The normalized spacial score (nSPS) is 26.7. The van der Waals surface area contributed by atoms with Crippen molar-refractivity contribution in [2.75, 3.05) is 32.8 Å². The number of alkyl halides is 2. The van der Waals surface area contributed by atoms with Crippen molar-refractivity contribution in [2.24, 2.45) is 0 Å². The standard InChI is InChI=1S/C20H24F2N4O5S/c1-12-7-13(9-32-12)20(21,22)17(29)26-5-6-31-19(11-26)3-2-4-25(10-19)16(28)14-8-15(27)24-18(30)23-14/h7,9,14H,2-6,8,10-11H2,1H3,(H2,23,24,27,30)/t14-,19?/m0/s1. The van der Waals surface area contributed by atoms with E-state index in [9.17, 15) is 28.0 Å². The minimum Gasteiger partial charge on any atom is -0.369 e. The number of ether oxygens (including phenoxy) is 1. The molecule has 1 unspecified atom stereocenters. The van der Waals surface area contributed by atoms with Crippen molar-refractivity contribution < 1.29 is 32.7 Å². The van der Waals surface area contributed by atoms with Crippen LogP contribution in [0.5, 0.6) is 0 Å². The Bertz CT molecular complexity index is 934. The smallest absolute Gasteiger partial charge is 0.350 e. The summed E-state index contributed by atoms with van der Waals surface area (Å²) in [6.45, 7) is 2.22. The Kier molecular flexibility index (Phi) is 5.93. The molecule has 4 heterocycles. The van der Waals surface area contributed by atoms with Gasteiger partial charge >= 0.3 is 12.0 Å². The van der Waals surface area contributed by atoms with E-state index in [1.54, 1.807) is 6.92 Å². The van der Waals surface area contributed by atoms with Gasteiger partial charge in [-0.05, 0) is 25.8 Å². The summed E-state index contributed by atoms with van der Waals surface area (Å²) < 4.78 is 35.6. The molecule has 174 valence electrons. The molecule has 3 fully saturated rings. The van der Waals surface area contributed by atoms with Gasteiger partial charge in [0.1, 0.15) is 11.6 Å². The van der Waals surface area contributed by atoms with Crippen molar-refractivity contribution in [3.05, 3.63) is 21.9 Å². The molecule has 0 radical (unpaired) electrons. The van der Waals surface area contributed by atoms with Crippen LogP contribution >= 0.6 is 11.3 Å². The lowest BCUT2D eigenvalue weighted by Crippen LogP contribution is -2.65. The van der Waals surface area contributed by atoms with Crippen LogP contribution in [0.1, 0.15) is 29.7 Å². The van der Waals surface area contributed by atoms with Crippen molar-refractivity contribution in [2.45, 2.75) is 43.8 Å². The van der Waals surface area contributed by atoms with Gasteiger partial charge in [-0.3, -0.25) is 19.7 Å². The molecule has 1 aromatic rings. The summed E-state index contributed by atoms with van der Waals surface area (Å²) in [4.78, 5) is 52.1. The maximum absolute atomic E-state index is 14.9. The number of piperidine rings is 1. The van der Waals surface area contributed by atoms with Crippen molar-refractivity contribution in [1.29, 1.82) is 0 Å². The highest BCUT2D eigenvalue weighted by atomic mass is 32.1. The molecule has 3 aliphatic rings. The third-order valence-corrected chi connectivity index (χ3v) is 6.86. The van der Waals surface area contributed by atoms with Crippen LogP contribution in [-0.4, -0.2) is 78.0 Å². The lowest BCUT2D eigenvalue weighted by molar-refractivity contribution is -0.183. The number of urea groups is 1. The van der Waals surface area contributed by atoms with E-state index in [1.165, 1.54) is 16.3 Å². The SMILES string of the molecule is Cc1cc(C(F)(F)C(=O)N2CCOC3(CCCN(C(=O)[C@@H]4CC(=O)NC(=O)N4)C3)C2)cs1. The molecule has 0 bridgehead atoms. The molecule has 3 saturated heterocycles. The predicted octanol–water partition coefficient (Wildman–Crippen LogP) is 0.966. The highest BCUT2D eigenvalue weighted by molar-refractivity contribution is 7.10. The first-order valence-corrected chi connectivity index (χ1v) is 11.2. The lowest BCUT2D eigenvalue weighted by Gasteiger charge is -2.48. The Morgan fingerprint density at radius 1 is 1.25 bits per heavy atom. The van der Waals surface area contributed by atoms with E-state index in [4.69, 9.17) is 4.74 Å². The fourth-order valence-corrected chi connectivity index (χ4v) is 5.18. The highest BCUT2D eigenvalue weighted by Gasteiger charge is 2.50. The number of halogens is 2. The van der Waals surface area contributed by atoms with E-state index in [0.717, 1.165) is 16.2 Å². The summed E-state index contributed by atoms with van der Waals surface area (Å²) in [7, 11) is 0. The predicted molar refractivity (Wildman–Crippen MR) is 109 cm³/mol. The molecule has 0 aliphatic carbocycles. The number of hydrogen-bond donors (Lipinski definition) is 2. The number of thiophene rings is 1. The number of imide groups is 1. The van der Waals surface area contributed by atoms with Crippen LogP contribution < -0.4 is 10.6 Å². The van der Waals surface area contributed by atoms with E-state index in [2.05, 4.69) is 10.6 Å². The Labute approximate surface area is 187 Å². The molecule has 0 aromatic carbocycles. The maximum Gasteiger partial charge on any atom is 0.350 e. The van der Waals surface area contributed by atoms with Crippen LogP contribution in [-0.2, 0) is 25.0 Å². The molecule has 0 saturated carbocycles. The van der Waals surface area contributed by atoms with Gasteiger partial charge in [0.25, 0.3) is 5.91 Å². The summed E-state index contributed by atoms with van der Waals surface area (Å²) >= 11 is 1.16. The second-order valence-electron chi connectivity index (χ2n) is 8.42. The Morgan fingerprint density at radius 2 is 2.00 bits per heavy atom. The summed E-state index contributed by atoms with van der Waals surface area (Å²) in [5, 5.41) is 5.80. The first kappa shape index (κ1) is 22.6. The highest BCUT2D eigenvalue weighted by Crippen LogP contribution is 2.36. The number of morpholine rings is 1. The number of likely N-dealkylation sites (tertiary alicyclic amines) is 1. The van der Waals surface area contributed by atoms with Gasteiger partial charge in [-0.2, -0.15) is 8.78 Å². The van der Waals surface area contributed by atoms with Gasteiger partial charge in [0.2, 0.25) is 11.8 Å². The molecule has 1 spiro atoms. The number of amides is 5. The number of carbonyl (C=O) groups is 4. The minimum atomic E-state index is -3.65. The fraction of sp³-hybridized carbons (Fsp3) is 0.600. The number of hydrogen-bond acceptors (Lipinski definition) is 6. The Morgan fingerprint density at radius 3 is 2.69 bits per heavy atom. The summed E-state index contributed by atoms with van der Waals surface area (Å²) in [6.07, 6.45) is 0.869. The van der Waals surface area contributed by atoms with Gasteiger partial charge < -0.3 is 19.9 Å². The van der Waals surface area contributed by atoms with Crippen LogP contribution in [0.25, 0.3) is 0 Å². The maximum atomic E-state index is 14.9. The average molecular weight is 470 g/mol. The van der Waals surface area contributed by atoms with E-state index in [0.29, 0.717) is 24.3 Å². The molecule has 3 aliphatic heterocycles. The first-order valence-electron chi connectivity index (χ1n) is 10.4. The molecule has 2 N–H and O–H groups in total. The molecule has 2 atom stereocenters. The van der Waals surface area contributed by atoms with Gasteiger partial charge in [0.05, 0.1) is 26.1 Å². The first-order chi connectivity index (χ1) is 15.1. The monoisotopic (exact) mass is 470 g/mol. The van der Waals surface area contributed by atoms with Crippen LogP contribution in [0.3, 0.4) is 0 Å². The molecule has 5 amide bonds. The lowest BCUT2D eigenvalue weighted by atomic mass is 9.89. The van der Waals surface area contributed by atoms with Crippen molar-refractivity contribution in [3.63, 3.8) is 0 Å². The largest absolute Gasteiger partial charge is 0.369 e. The van der Waals surface area contributed by atoms with Gasteiger partial charge in [0, 0.05) is 28.9 Å². The Balaban J connectivity index is 1.46. The Hall–Kier alpha value is -2.60. The van der Waals surface area contributed by atoms with Crippen LogP contribution in [0.2, 0.25) is 0 Å². The van der Waals surface area contributed by atoms with Gasteiger partial charge in [-0.15, -0.1) is 11.3 Å². The summed E-state index contributed by atoms with van der Waals surface area (Å²) in [5.74, 6) is -5.90. The number of rotatable bonds is 3. The molecular formula is C20H24F2N4O5S. The van der Waals surface area contributed by atoms with E-state index >= 15 is 0 Å². The fourth-order valence-electron chi connectivity index (χ4n) is 4.46. The molecule has 4 rings (SSSR count).